The van der Waals surface area contributed by atoms with Crippen molar-refractivity contribution in [3.05, 3.63) is 96.2 Å². The van der Waals surface area contributed by atoms with Gasteiger partial charge in [0.1, 0.15) is 26.0 Å². The highest BCUT2D eigenvalue weighted by Gasteiger charge is 2.27. The van der Waals surface area contributed by atoms with Gasteiger partial charge in [0.05, 0.1) is 5.69 Å². The van der Waals surface area contributed by atoms with Gasteiger partial charge < -0.3 is 25.2 Å². The third-order valence-corrected chi connectivity index (χ3v) is 6.44. The van der Waals surface area contributed by atoms with Crippen molar-refractivity contribution in [2.45, 2.75) is 19.2 Å². The Morgan fingerprint density at radius 1 is 1.00 bits per heavy atom. The Kier molecular flexibility index (Phi) is 6.50. The zero-order chi connectivity index (χ0) is 26.8. The van der Waals surface area contributed by atoms with E-state index in [4.69, 9.17) is 17.3 Å². The SMILES string of the molecule is [B]c1cnn2c(NCc3ccc(CNC(=O)C4COc5ccccc5O4)cc3)cc(-c3ccccc3O)nc12. The van der Waals surface area contributed by atoms with E-state index < -0.39 is 6.10 Å². The zero-order valence-corrected chi connectivity index (χ0v) is 20.9. The molecule has 0 aliphatic carbocycles. The van der Waals surface area contributed by atoms with Gasteiger partial charge in [-0.15, -0.1) is 0 Å². The van der Waals surface area contributed by atoms with Gasteiger partial charge in [-0.1, -0.05) is 48.5 Å². The molecule has 6 rings (SSSR count). The molecular formula is C29H24BN5O4. The number of anilines is 1. The molecule has 0 spiro atoms. The maximum Gasteiger partial charge on any atom is 0.264 e. The first kappa shape index (κ1) is 24.4. The summed E-state index contributed by atoms with van der Waals surface area (Å²) >= 11 is 0. The number of benzene rings is 3. The minimum Gasteiger partial charge on any atom is -0.507 e. The Hall–Kier alpha value is -4.99. The van der Waals surface area contributed by atoms with E-state index >= 15 is 0 Å². The number of phenols is 1. The molecule has 1 aliphatic rings. The first-order valence-electron chi connectivity index (χ1n) is 12.5. The summed E-state index contributed by atoms with van der Waals surface area (Å²) < 4.78 is 13.0. The van der Waals surface area contributed by atoms with Crippen LogP contribution in [0.4, 0.5) is 5.82 Å². The summed E-state index contributed by atoms with van der Waals surface area (Å²) in [5, 5.41) is 21.0. The first-order valence-corrected chi connectivity index (χ1v) is 12.5. The Labute approximate surface area is 225 Å². The number of nitrogens with one attached hydrogen (secondary N) is 2. The molecule has 3 heterocycles. The maximum absolute atomic E-state index is 12.6. The van der Waals surface area contributed by atoms with E-state index in [0.29, 0.717) is 52.8 Å². The summed E-state index contributed by atoms with van der Waals surface area (Å²) in [6, 6.07) is 24.1. The van der Waals surface area contributed by atoms with E-state index in [2.05, 4.69) is 20.7 Å². The number of hydrogen-bond acceptors (Lipinski definition) is 7. The molecular weight excluding hydrogens is 493 g/mol. The van der Waals surface area contributed by atoms with Gasteiger partial charge in [-0.05, 0) is 40.9 Å². The van der Waals surface area contributed by atoms with Gasteiger partial charge in [0.25, 0.3) is 5.91 Å². The van der Waals surface area contributed by atoms with Gasteiger partial charge in [-0.2, -0.15) is 9.61 Å². The molecule has 0 bridgehead atoms. The summed E-state index contributed by atoms with van der Waals surface area (Å²) in [7, 11) is 6.09. The lowest BCUT2D eigenvalue weighted by Crippen LogP contribution is -2.43. The first-order chi connectivity index (χ1) is 19.0. The summed E-state index contributed by atoms with van der Waals surface area (Å²) in [5.74, 6) is 1.80. The zero-order valence-electron chi connectivity index (χ0n) is 20.9. The quantitative estimate of drug-likeness (QED) is 0.285. The van der Waals surface area contributed by atoms with E-state index in [1.807, 2.05) is 54.6 Å². The fraction of sp³-hybridized carbons (Fsp3) is 0.138. The lowest BCUT2D eigenvalue weighted by atomic mass is 10.0. The summed E-state index contributed by atoms with van der Waals surface area (Å²) in [6.45, 7) is 1.05. The fourth-order valence-electron chi connectivity index (χ4n) is 4.35. The third-order valence-electron chi connectivity index (χ3n) is 6.44. The number of ether oxygens (including phenoxy) is 2. The minimum absolute atomic E-state index is 0.133. The molecule has 2 aromatic heterocycles. The van der Waals surface area contributed by atoms with Crippen molar-refractivity contribution in [1.82, 2.24) is 19.9 Å². The van der Waals surface area contributed by atoms with Gasteiger partial charge in [0, 0.05) is 30.9 Å². The standard InChI is InChI=1S/C29H24BN5O4/c30-21-16-33-35-27(13-22(34-28(21)35)20-5-1-2-6-23(20)36)31-14-18-9-11-19(12-10-18)15-32-29(37)26-17-38-24-7-3-4-8-25(24)39-26/h1-13,16,26,31,36H,14-15,17H2,(H,32,37). The number of fused-ring (bicyclic) bond motifs is 2. The Balaban J connectivity index is 1.10. The molecule has 5 aromatic rings. The van der Waals surface area contributed by atoms with Crippen LogP contribution < -0.4 is 25.6 Å². The lowest BCUT2D eigenvalue weighted by Gasteiger charge is -2.25. The van der Waals surface area contributed by atoms with Crippen molar-refractivity contribution < 1.29 is 19.4 Å². The summed E-state index contributed by atoms with van der Waals surface area (Å²) in [4.78, 5) is 17.2. The Morgan fingerprint density at radius 2 is 1.72 bits per heavy atom. The molecule has 1 atom stereocenters. The predicted molar refractivity (Wildman–Crippen MR) is 147 cm³/mol. The van der Waals surface area contributed by atoms with Gasteiger partial charge >= 0.3 is 0 Å². The normalized spacial score (nSPS) is 14.2. The van der Waals surface area contributed by atoms with E-state index in [9.17, 15) is 9.90 Å². The summed E-state index contributed by atoms with van der Waals surface area (Å²) in [6.07, 6.45) is 0.855. The molecule has 10 heteroatoms. The second-order valence-electron chi connectivity index (χ2n) is 9.13. The highest BCUT2D eigenvalue weighted by atomic mass is 16.6. The molecule has 1 aliphatic heterocycles. The van der Waals surface area contributed by atoms with Crippen LogP contribution in [-0.4, -0.2) is 46.2 Å². The molecule has 1 unspecified atom stereocenters. The molecule has 1 amide bonds. The molecule has 0 saturated carbocycles. The molecule has 0 saturated heterocycles. The van der Waals surface area contributed by atoms with Crippen LogP contribution in [0.15, 0.2) is 85.1 Å². The number of para-hydroxylation sites is 3. The van der Waals surface area contributed by atoms with Crippen molar-refractivity contribution >= 4 is 30.7 Å². The van der Waals surface area contributed by atoms with E-state index in [1.54, 1.807) is 35.0 Å². The average Bonchev–Trinajstić information content (AvgIpc) is 3.35. The van der Waals surface area contributed by atoms with Crippen LogP contribution in [0.25, 0.3) is 16.9 Å². The molecule has 0 fully saturated rings. The highest BCUT2D eigenvalue weighted by molar-refractivity contribution is 6.36. The van der Waals surface area contributed by atoms with E-state index in [0.717, 1.165) is 11.1 Å². The molecule has 3 N–H and O–H groups in total. The average molecular weight is 517 g/mol. The Morgan fingerprint density at radius 3 is 2.51 bits per heavy atom. The van der Waals surface area contributed by atoms with Crippen LogP contribution in [0.2, 0.25) is 0 Å². The Bertz CT molecular complexity index is 1650. The monoisotopic (exact) mass is 517 g/mol. The topological polar surface area (TPSA) is 110 Å². The van der Waals surface area contributed by atoms with Crippen LogP contribution in [0.3, 0.4) is 0 Å². The molecule has 3 aromatic carbocycles. The maximum atomic E-state index is 12.6. The number of hydrogen-bond donors (Lipinski definition) is 3. The number of amides is 1. The van der Waals surface area contributed by atoms with E-state index in [1.165, 1.54) is 0 Å². The highest BCUT2D eigenvalue weighted by Crippen LogP contribution is 2.31. The number of aromatic nitrogens is 3. The minimum atomic E-state index is -0.695. The largest absolute Gasteiger partial charge is 0.507 e. The number of phenolic OH excluding ortho intramolecular Hbond substituents is 1. The van der Waals surface area contributed by atoms with Crippen LogP contribution in [-0.2, 0) is 17.9 Å². The predicted octanol–water partition coefficient (Wildman–Crippen LogP) is 2.96. The second kappa shape index (κ2) is 10.4. The van der Waals surface area contributed by atoms with Crippen LogP contribution in [0, 0.1) is 0 Å². The number of carbonyl (C=O) groups is 1. The van der Waals surface area contributed by atoms with Gasteiger partial charge in [0.2, 0.25) is 6.10 Å². The van der Waals surface area contributed by atoms with Crippen molar-refractivity contribution in [1.29, 1.82) is 0 Å². The van der Waals surface area contributed by atoms with E-state index in [-0.39, 0.29) is 18.3 Å². The summed E-state index contributed by atoms with van der Waals surface area (Å²) in [5.41, 5.74) is 4.11. The van der Waals surface area contributed by atoms with Gasteiger partial charge in [-0.25, -0.2) is 4.98 Å². The molecule has 2 radical (unpaired) electrons. The van der Waals surface area contributed by atoms with Crippen molar-refractivity contribution in [3.63, 3.8) is 0 Å². The van der Waals surface area contributed by atoms with Gasteiger partial charge in [0.15, 0.2) is 17.1 Å². The van der Waals surface area contributed by atoms with Crippen molar-refractivity contribution in [2.24, 2.45) is 0 Å². The lowest BCUT2D eigenvalue weighted by molar-refractivity contribution is -0.130. The molecule has 192 valence electrons. The van der Waals surface area contributed by atoms with Gasteiger partial charge in [-0.3, -0.25) is 4.79 Å². The van der Waals surface area contributed by atoms with Crippen molar-refractivity contribution in [2.75, 3.05) is 11.9 Å². The fourth-order valence-corrected chi connectivity index (χ4v) is 4.35. The number of nitrogens with zero attached hydrogens (tertiary/aromatic N) is 3. The number of rotatable bonds is 7. The number of carbonyl (C=O) groups excluding carboxylic acids is 1. The third kappa shape index (κ3) is 5.09. The smallest absolute Gasteiger partial charge is 0.264 e. The number of aromatic hydroxyl groups is 1. The second-order valence-corrected chi connectivity index (χ2v) is 9.13. The van der Waals surface area contributed by atoms with Crippen LogP contribution >= 0.6 is 0 Å². The van der Waals surface area contributed by atoms with Crippen molar-refractivity contribution in [3.8, 4) is 28.5 Å². The molecule has 39 heavy (non-hydrogen) atoms. The van der Waals surface area contributed by atoms with Crippen LogP contribution in [0.5, 0.6) is 17.2 Å². The van der Waals surface area contributed by atoms with Crippen LogP contribution in [0.1, 0.15) is 11.1 Å². The molecule has 9 nitrogen and oxygen atoms in total.